The van der Waals surface area contributed by atoms with Gasteiger partial charge >= 0.3 is 5.97 Å². The highest BCUT2D eigenvalue weighted by atomic mass is 16.6. The average molecular weight is 635 g/mol. The van der Waals surface area contributed by atoms with Crippen LogP contribution >= 0.6 is 0 Å². The standard InChI is InChI=1S/C43H86O2/c1-5-6-7-8-9-10-11-12-13-14-15-16-17-18-19-20-21-22-23-24-25-26-27-28-29-30-31-32-33-34-35-36-37-38-39-40-41-42(44)45-43(2,3)4/h5-41H2,1-4H3. The zero-order chi connectivity index (χ0) is 32.9. The molecule has 0 radical (unpaired) electrons. The quantitative estimate of drug-likeness (QED) is 0.0502. The predicted molar refractivity (Wildman–Crippen MR) is 202 cm³/mol. The molecule has 0 aromatic rings. The molecule has 0 spiro atoms. The normalized spacial score (nSPS) is 11.8. The van der Waals surface area contributed by atoms with Gasteiger partial charge in [-0.2, -0.15) is 0 Å². The van der Waals surface area contributed by atoms with Gasteiger partial charge in [0.15, 0.2) is 0 Å². The van der Waals surface area contributed by atoms with Crippen molar-refractivity contribution in [2.45, 2.75) is 271 Å². The van der Waals surface area contributed by atoms with Gasteiger partial charge in [0, 0.05) is 6.42 Å². The van der Waals surface area contributed by atoms with Crippen LogP contribution in [-0.2, 0) is 9.53 Å². The summed E-state index contributed by atoms with van der Waals surface area (Å²) >= 11 is 0. The molecule has 0 aliphatic carbocycles. The molecule has 0 aromatic carbocycles. The first-order chi connectivity index (χ1) is 22.0. The van der Waals surface area contributed by atoms with Crippen molar-refractivity contribution < 1.29 is 9.53 Å². The smallest absolute Gasteiger partial charge is 0.306 e. The molecular weight excluding hydrogens is 548 g/mol. The molecule has 0 aliphatic heterocycles. The topological polar surface area (TPSA) is 26.3 Å². The van der Waals surface area contributed by atoms with E-state index in [1.807, 2.05) is 20.8 Å². The van der Waals surface area contributed by atoms with Crippen LogP contribution in [0, 0.1) is 0 Å². The second-order valence-corrected chi connectivity index (χ2v) is 15.7. The fourth-order valence-electron chi connectivity index (χ4n) is 6.75. The Morgan fingerprint density at radius 1 is 0.333 bits per heavy atom. The molecule has 0 atom stereocenters. The summed E-state index contributed by atoms with van der Waals surface area (Å²) in [6.07, 6.45) is 52.1. The van der Waals surface area contributed by atoms with E-state index in [4.69, 9.17) is 4.74 Å². The summed E-state index contributed by atoms with van der Waals surface area (Å²) < 4.78 is 5.37. The summed E-state index contributed by atoms with van der Waals surface area (Å²) in [6, 6.07) is 0. The van der Waals surface area contributed by atoms with E-state index < -0.39 is 0 Å². The largest absolute Gasteiger partial charge is 0.460 e. The second-order valence-electron chi connectivity index (χ2n) is 15.7. The van der Waals surface area contributed by atoms with Crippen molar-refractivity contribution in [2.24, 2.45) is 0 Å². The van der Waals surface area contributed by atoms with Gasteiger partial charge in [-0.05, 0) is 27.2 Å². The Kier molecular flexibility index (Phi) is 35.9. The third-order valence-electron chi connectivity index (χ3n) is 9.65. The van der Waals surface area contributed by atoms with Gasteiger partial charge in [0.2, 0.25) is 0 Å². The molecule has 0 saturated heterocycles. The average Bonchev–Trinajstić information content (AvgIpc) is 3.00. The third kappa shape index (κ3) is 41.4. The molecule has 0 aromatic heterocycles. The maximum absolute atomic E-state index is 11.7. The molecule has 0 fully saturated rings. The number of unbranched alkanes of at least 4 members (excludes halogenated alkanes) is 35. The molecular formula is C43H86O2. The van der Waals surface area contributed by atoms with Crippen LogP contribution in [0.15, 0.2) is 0 Å². The van der Waals surface area contributed by atoms with Crippen LogP contribution in [-0.4, -0.2) is 11.6 Å². The van der Waals surface area contributed by atoms with E-state index in [0.29, 0.717) is 6.42 Å². The Balaban J connectivity index is 3.09. The zero-order valence-electron chi connectivity index (χ0n) is 32.0. The first-order valence-corrected chi connectivity index (χ1v) is 21.2. The molecule has 0 saturated carbocycles. The van der Waals surface area contributed by atoms with Gasteiger partial charge in [-0.3, -0.25) is 4.79 Å². The molecule has 0 rings (SSSR count). The van der Waals surface area contributed by atoms with Gasteiger partial charge in [-0.25, -0.2) is 0 Å². The molecule has 0 amide bonds. The van der Waals surface area contributed by atoms with Gasteiger partial charge in [0.1, 0.15) is 5.60 Å². The molecule has 0 bridgehead atoms. The lowest BCUT2D eigenvalue weighted by molar-refractivity contribution is -0.154. The SMILES string of the molecule is CCCCCCCCCCCCCCCCCCCCCCCCCCCCCCCCCCCCCCC(=O)OC(C)(C)C. The lowest BCUT2D eigenvalue weighted by atomic mass is 10.0. The number of ether oxygens (including phenoxy) is 1. The summed E-state index contributed by atoms with van der Waals surface area (Å²) in [5.41, 5.74) is -0.346. The molecule has 0 unspecified atom stereocenters. The van der Waals surface area contributed by atoms with E-state index in [1.54, 1.807) is 0 Å². The summed E-state index contributed by atoms with van der Waals surface area (Å²) in [7, 11) is 0. The van der Waals surface area contributed by atoms with Crippen molar-refractivity contribution in [1.82, 2.24) is 0 Å². The molecule has 0 aliphatic rings. The van der Waals surface area contributed by atoms with E-state index in [0.717, 1.165) is 6.42 Å². The Hall–Kier alpha value is -0.530. The Morgan fingerprint density at radius 2 is 0.511 bits per heavy atom. The maximum Gasteiger partial charge on any atom is 0.306 e. The van der Waals surface area contributed by atoms with Crippen molar-refractivity contribution >= 4 is 5.97 Å². The van der Waals surface area contributed by atoms with Gasteiger partial charge in [0.05, 0.1) is 0 Å². The number of rotatable bonds is 37. The minimum absolute atomic E-state index is 0.0383. The van der Waals surface area contributed by atoms with Crippen LogP contribution in [0.1, 0.15) is 265 Å². The fraction of sp³-hybridized carbons (Fsp3) is 0.977. The molecule has 2 nitrogen and oxygen atoms in total. The number of esters is 1. The highest BCUT2D eigenvalue weighted by Crippen LogP contribution is 2.18. The van der Waals surface area contributed by atoms with Crippen molar-refractivity contribution in [3.05, 3.63) is 0 Å². The highest BCUT2D eigenvalue weighted by molar-refractivity contribution is 5.69. The van der Waals surface area contributed by atoms with Crippen LogP contribution < -0.4 is 0 Å². The van der Waals surface area contributed by atoms with Crippen LogP contribution in [0.25, 0.3) is 0 Å². The highest BCUT2D eigenvalue weighted by Gasteiger charge is 2.15. The van der Waals surface area contributed by atoms with Gasteiger partial charge in [-0.15, -0.1) is 0 Å². The van der Waals surface area contributed by atoms with Crippen molar-refractivity contribution in [3.63, 3.8) is 0 Å². The van der Waals surface area contributed by atoms with Crippen molar-refractivity contribution in [3.8, 4) is 0 Å². The molecule has 45 heavy (non-hydrogen) atoms. The molecule has 0 heterocycles. The Bertz CT molecular complexity index is 563. The summed E-state index contributed by atoms with van der Waals surface area (Å²) in [5, 5.41) is 0. The van der Waals surface area contributed by atoms with E-state index in [9.17, 15) is 4.79 Å². The van der Waals surface area contributed by atoms with Crippen molar-refractivity contribution in [2.75, 3.05) is 0 Å². The summed E-state index contributed by atoms with van der Waals surface area (Å²) in [5.74, 6) is -0.0383. The van der Waals surface area contributed by atoms with E-state index in [2.05, 4.69) is 6.92 Å². The summed E-state index contributed by atoms with van der Waals surface area (Å²) in [4.78, 5) is 11.7. The first kappa shape index (κ1) is 44.5. The van der Waals surface area contributed by atoms with Gasteiger partial charge < -0.3 is 4.74 Å². The Labute approximate surface area is 285 Å². The van der Waals surface area contributed by atoms with Crippen LogP contribution in [0.5, 0.6) is 0 Å². The van der Waals surface area contributed by atoms with Gasteiger partial charge in [-0.1, -0.05) is 232 Å². The van der Waals surface area contributed by atoms with Crippen molar-refractivity contribution in [1.29, 1.82) is 0 Å². The first-order valence-electron chi connectivity index (χ1n) is 21.2. The van der Waals surface area contributed by atoms with E-state index >= 15 is 0 Å². The summed E-state index contributed by atoms with van der Waals surface area (Å²) in [6.45, 7) is 8.13. The second kappa shape index (κ2) is 36.3. The number of hydrogen-bond donors (Lipinski definition) is 0. The lowest BCUT2D eigenvalue weighted by Gasteiger charge is -2.19. The Morgan fingerprint density at radius 3 is 0.689 bits per heavy atom. The predicted octanol–water partition coefficient (Wildman–Crippen LogP) is 15.8. The van der Waals surface area contributed by atoms with Gasteiger partial charge in [0.25, 0.3) is 0 Å². The number of carbonyl (C=O) groups is 1. The minimum Gasteiger partial charge on any atom is -0.460 e. The van der Waals surface area contributed by atoms with E-state index in [1.165, 1.54) is 225 Å². The fourth-order valence-corrected chi connectivity index (χ4v) is 6.75. The van der Waals surface area contributed by atoms with Crippen LogP contribution in [0.4, 0.5) is 0 Å². The number of hydrogen-bond acceptors (Lipinski definition) is 2. The monoisotopic (exact) mass is 635 g/mol. The lowest BCUT2D eigenvalue weighted by Crippen LogP contribution is -2.23. The number of carbonyl (C=O) groups excluding carboxylic acids is 1. The maximum atomic E-state index is 11.7. The third-order valence-corrected chi connectivity index (χ3v) is 9.65. The molecule has 270 valence electrons. The minimum atomic E-state index is -0.346. The van der Waals surface area contributed by atoms with Crippen LogP contribution in [0.2, 0.25) is 0 Å². The molecule has 2 heteroatoms. The van der Waals surface area contributed by atoms with Crippen LogP contribution in [0.3, 0.4) is 0 Å². The van der Waals surface area contributed by atoms with E-state index in [-0.39, 0.29) is 11.6 Å². The zero-order valence-corrected chi connectivity index (χ0v) is 32.0. The molecule has 0 N–H and O–H groups in total.